The molecule has 0 spiro atoms. The molecule has 4 atom stereocenters. The quantitative estimate of drug-likeness (QED) is 0.170. The predicted octanol–water partition coefficient (Wildman–Crippen LogP) is 1.32. The van der Waals surface area contributed by atoms with Crippen LogP contribution in [0.5, 0.6) is 23.0 Å². The number of phenolic OH excluding ortho intramolecular Hbond substituents is 4. The number of carboxylic acids is 2. The van der Waals surface area contributed by atoms with Crippen molar-refractivity contribution >= 4 is 22.7 Å². The Kier molecular flexibility index (Phi) is 7.09. The van der Waals surface area contributed by atoms with Crippen LogP contribution >= 0.6 is 0 Å². The second-order valence-electron chi connectivity index (χ2n) is 11.6. The molecule has 2 heterocycles. The van der Waals surface area contributed by atoms with Gasteiger partial charge in [-0.05, 0) is 26.0 Å². The van der Waals surface area contributed by atoms with Gasteiger partial charge in [0.2, 0.25) is 0 Å². The van der Waals surface area contributed by atoms with Crippen molar-refractivity contribution < 1.29 is 49.7 Å². The third kappa shape index (κ3) is 4.48. The van der Waals surface area contributed by atoms with Crippen molar-refractivity contribution in [1.82, 2.24) is 0 Å². The van der Waals surface area contributed by atoms with Crippen LogP contribution in [0, 0.1) is 10.4 Å². The molecule has 0 bridgehead atoms. The van der Waals surface area contributed by atoms with Gasteiger partial charge in [0.05, 0.1) is 58.5 Å². The summed E-state index contributed by atoms with van der Waals surface area (Å²) in [5.41, 5.74) is -5.38. The third-order valence-electron chi connectivity index (χ3n) is 8.72. The fraction of sp³-hybridized carbons (Fsp3) is 0.312. The van der Waals surface area contributed by atoms with E-state index in [4.69, 9.17) is 14.6 Å². The molecule has 2 aromatic rings. The maximum atomic E-state index is 13.8. The molecule has 0 radical (unpaired) electrons. The molecule has 0 fully saturated rings. The van der Waals surface area contributed by atoms with Crippen molar-refractivity contribution in [3.63, 3.8) is 0 Å². The molecule has 0 saturated carbocycles. The van der Waals surface area contributed by atoms with Crippen LogP contribution in [0.15, 0.2) is 31.3 Å². The summed E-state index contributed by atoms with van der Waals surface area (Å²) in [6, 6.07) is 1.57. The minimum Gasteiger partial charge on any atom is -0.507 e. The van der Waals surface area contributed by atoms with Crippen LogP contribution in [-0.4, -0.2) is 54.8 Å². The highest BCUT2D eigenvalue weighted by molar-refractivity contribution is 6.07. The average Bonchev–Trinajstić information content (AvgIpc) is 2.95. The van der Waals surface area contributed by atoms with E-state index >= 15 is 0 Å². The fourth-order valence-electron chi connectivity index (χ4n) is 6.89. The highest BCUT2D eigenvalue weighted by Crippen LogP contribution is 2.53. The Labute approximate surface area is 256 Å². The van der Waals surface area contributed by atoms with E-state index < -0.39 is 126 Å². The summed E-state index contributed by atoms with van der Waals surface area (Å²) < 4.78 is 11.3. The van der Waals surface area contributed by atoms with Gasteiger partial charge in [-0.25, -0.2) is 0 Å². The molecular formula is C32H26O14. The zero-order valence-corrected chi connectivity index (χ0v) is 24.2. The van der Waals surface area contributed by atoms with Crippen molar-refractivity contribution in [1.29, 1.82) is 0 Å². The first kappa shape index (κ1) is 30.7. The van der Waals surface area contributed by atoms with Crippen LogP contribution < -0.4 is 21.7 Å². The fourth-order valence-corrected chi connectivity index (χ4v) is 6.89. The maximum Gasteiger partial charge on any atom is 0.305 e. The molecule has 0 unspecified atom stereocenters. The van der Waals surface area contributed by atoms with E-state index in [1.54, 1.807) is 0 Å². The molecule has 6 N–H and O–H groups in total. The molecule has 2 aliphatic carbocycles. The number of hydrogen-bond acceptors (Lipinski definition) is 12. The molecular weight excluding hydrogens is 608 g/mol. The molecule has 0 amide bonds. The van der Waals surface area contributed by atoms with Crippen molar-refractivity contribution in [3.05, 3.63) is 85.7 Å². The molecule has 2 aromatic carbocycles. The van der Waals surface area contributed by atoms with Crippen molar-refractivity contribution in [2.45, 2.75) is 63.9 Å². The van der Waals surface area contributed by atoms with Crippen LogP contribution in [0.1, 0.15) is 61.2 Å². The summed E-state index contributed by atoms with van der Waals surface area (Å²) in [6.07, 6.45) is -5.16. The van der Waals surface area contributed by atoms with Crippen LogP contribution in [-0.2, 0) is 31.9 Å². The molecule has 2 aliphatic heterocycles. The molecule has 6 rings (SSSR count). The van der Waals surface area contributed by atoms with Gasteiger partial charge in [-0.3, -0.25) is 28.8 Å². The van der Waals surface area contributed by atoms with Gasteiger partial charge in [0.25, 0.3) is 0 Å². The van der Waals surface area contributed by atoms with E-state index in [0.29, 0.717) is 6.07 Å². The number of rotatable bonds is 5. The van der Waals surface area contributed by atoms with E-state index in [9.17, 15) is 54.3 Å². The summed E-state index contributed by atoms with van der Waals surface area (Å²) in [6.45, 7) is 2.89. The van der Waals surface area contributed by atoms with E-state index in [1.807, 2.05) is 0 Å². The Morgan fingerprint density at radius 2 is 1.24 bits per heavy atom. The van der Waals surface area contributed by atoms with Crippen LogP contribution in [0.2, 0.25) is 0 Å². The molecule has 0 saturated heterocycles. The normalized spacial score (nSPS) is 20.8. The summed E-state index contributed by atoms with van der Waals surface area (Å²) in [7, 11) is 0. The van der Waals surface area contributed by atoms with Gasteiger partial charge in [-0.15, -0.1) is 0 Å². The number of carbonyl (C=O) groups is 2. The van der Waals surface area contributed by atoms with Gasteiger partial charge in [-0.2, -0.15) is 0 Å². The lowest BCUT2D eigenvalue weighted by molar-refractivity contribution is -0.143. The van der Waals surface area contributed by atoms with E-state index in [0.717, 1.165) is 6.07 Å². The van der Waals surface area contributed by atoms with Gasteiger partial charge >= 0.3 is 11.9 Å². The monoisotopic (exact) mass is 634 g/mol. The van der Waals surface area contributed by atoms with E-state index in [2.05, 4.69) is 0 Å². The van der Waals surface area contributed by atoms with Gasteiger partial charge in [0, 0.05) is 46.2 Å². The molecule has 14 nitrogen and oxygen atoms in total. The van der Waals surface area contributed by atoms with Gasteiger partial charge in [0.1, 0.15) is 23.0 Å². The van der Waals surface area contributed by atoms with E-state index in [1.165, 1.54) is 13.8 Å². The van der Waals surface area contributed by atoms with Crippen LogP contribution in [0.4, 0.5) is 0 Å². The Hall–Kier alpha value is -5.34. The maximum absolute atomic E-state index is 13.8. The summed E-state index contributed by atoms with van der Waals surface area (Å²) >= 11 is 0. The standard InChI is InChI=1S/C32H26O14/c1-9-21-15(3-11(45-9)5-19(35)36)29(41)23-17(33)7-13(27(39)25(23)31(21)43)14-8-18(34)24-26(28(14)40)32(44)22-10(2)46-12(6-20(37)38)4-16(22)30(24)42/h7-12,33,39,41,43H,3-6H2,1-2H3,(H,35,36)(H,37,38)/t9-,10-,11-,12-/m1/s1. The minimum absolute atomic E-state index is 0.00326. The van der Waals surface area contributed by atoms with Crippen LogP contribution in [0.3, 0.4) is 0 Å². The minimum atomic E-state index is -1.20. The SMILES string of the molecule is C[C@H]1O[C@@H](CC(=O)O)Cc2c1c(O)c1c(O)c(-c3cc(=O)c4c(=O)c5c(c(=O)c=4c3=O)[C@@H](C)O[C@@H](CC(=O)O)C5)cc(O)c1c2O. The van der Waals surface area contributed by atoms with Gasteiger partial charge in [0.15, 0.2) is 21.7 Å². The van der Waals surface area contributed by atoms with E-state index in [-0.39, 0.29) is 35.1 Å². The molecule has 46 heavy (non-hydrogen) atoms. The first-order valence-corrected chi connectivity index (χ1v) is 14.2. The second kappa shape index (κ2) is 10.6. The Morgan fingerprint density at radius 3 is 1.83 bits per heavy atom. The molecule has 0 aromatic heterocycles. The highest BCUT2D eigenvalue weighted by atomic mass is 16.5. The topological polar surface area (TPSA) is 242 Å². The van der Waals surface area contributed by atoms with Crippen molar-refractivity contribution in [2.75, 3.05) is 0 Å². The van der Waals surface area contributed by atoms with Gasteiger partial charge in [-0.1, -0.05) is 0 Å². The number of benzene rings is 2. The predicted molar refractivity (Wildman–Crippen MR) is 157 cm³/mol. The lowest BCUT2D eigenvalue weighted by Crippen LogP contribution is -2.40. The zero-order valence-electron chi connectivity index (χ0n) is 24.2. The Balaban J connectivity index is 1.62. The van der Waals surface area contributed by atoms with Crippen molar-refractivity contribution in [2.24, 2.45) is 0 Å². The number of phenols is 4. The Morgan fingerprint density at radius 1 is 0.674 bits per heavy atom. The van der Waals surface area contributed by atoms with Crippen molar-refractivity contribution in [3.8, 4) is 34.1 Å². The first-order valence-electron chi connectivity index (χ1n) is 14.2. The lowest BCUT2D eigenvalue weighted by Gasteiger charge is -2.31. The average molecular weight is 635 g/mol. The summed E-state index contributed by atoms with van der Waals surface area (Å²) in [4.78, 5) is 76.8. The smallest absolute Gasteiger partial charge is 0.305 e. The summed E-state index contributed by atoms with van der Waals surface area (Å²) in [5.74, 6) is -5.15. The lowest BCUT2D eigenvalue weighted by atomic mass is 9.86. The summed E-state index contributed by atoms with van der Waals surface area (Å²) in [5, 5.41) is 60.8. The second-order valence-corrected chi connectivity index (χ2v) is 11.6. The molecule has 238 valence electrons. The number of aliphatic carboxylic acids is 2. The number of carboxylic acid groups (broad SMARTS) is 2. The number of aromatic hydroxyl groups is 4. The molecule has 14 heteroatoms. The highest BCUT2D eigenvalue weighted by Gasteiger charge is 2.36. The third-order valence-corrected chi connectivity index (χ3v) is 8.72. The number of ether oxygens (including phenoxy) is 2. The van der Waals surface area contributed by atoms with Crippen LogP contribution in [0.25, 0.3) is 21.9 Å². The largest absolute Gasteiger partial charge is 0.507 e. The number of fused-ring (bicyclic) bond motifs is 3. The zero-order chi connectivity index (χ0) is 33.5. The molecule has 4 aliphatic rings. The van der Waals surface area contributed by atoms with Gasteiger partial charge < -0.3 is 40.1 Å². The Bertz CT molecular complexity index is 2300. The first-order chi connectivity index (χ1) is 21.6. The number of hydrogen-bond donors (Lipinski definition) is 6.